The van der Waals surface area contributed by atoms with Crippen molar-refractivity contribution in [1.82, 2.24) is 4.98 Å². The standard InChI is InChI=1S/C12H15N3O4S/c16-12(17)9-4-5-10(15(18)19)11(14-9)13-7-8-3-1-2-6-20-8/h4-5,8H,1-3,6-7H2,(H,13,14)(H,16,17). The Morgan fingerprint density at radius 3 is 2.95 bits per heavy atom. The SMILES string of the molecule is O=C(O)c1ccc([N+](=O)[O-])c(NCC2CCCCS2)n1. The van der Waals surface area contributed by atoms with Crippen molar-refractivity contribution in [3.8, 4) is 0 Å². The van der Waals surface area contributed by atoms with Crippen molar-refractivity contribution >= 4 is 29.2 Å². The van der Waals surface area contributed by atoms with Gasteiger partial charge in [0.15, 0.2) is 5.69 Å². The summed E-state index contributed by atoms with van der Waals surface area (Å²) < 4.78 is 0. The zero-order chi connectivity index (χ0) is 14.5. The van der Waals surface area contributed by atoms with Crippen molar-refractivity contribution in [3.63, 3.8) is 0 Å². The van der Waals surface area contributed by atoms with Gasteiger partial charge in [-0.1, -0.05) is 6.42 Å². The van der Waals surface area contributed by atoms with Crippen LogP contribution in [0, 0.1) is 10.1 Å². The fraction of sp³-hybridized carbons (Fsp3) is 0.500. The topological polar surface area (TPSA) is 105 Å². The summed E-state index contributed by atoms with van der Waals surface area (Å²) in [6.07, 6.45) is 3.42. The molecule has 2 rings (SSSR count). The fourth-order valence-corrected chi connectivity index (χ4v) is 3.27. The van der Waals surface area contributed by atoms with Gasteiger partial charge in [0.1, 0.15) is 0 Å². The molecule has 1 unspecified atom stereocenters. The van der Waals surface area contributed by atoms with E-state index in [0.29, 0.717) is 11.8 Å². The highest BCUT2D eigenvalue weighted by Crippen LogP contribution is 2.27. The first kappa shape index (κ1) is 14.6. The van der Waals surface area contributed by atoms with E-state index in [2.05, 4.69) is 10.3 Å². The Morgan fingerprint density at radius 1 is 1.55 bits per heavy atom. The van der Waals surface area contributed by atoms with E-state index in [1.54, 1.807) is 0 Å². The van der Waals surface area contributed by atoms with Crippen LogP contribution >= 0.6 is 11.8 Å². The van der Waals surface area contributed by atoms with Crippen LogP contribution in [0.25, 0.3) is 0 Å². The number of pyridine rings is 1. The first-order chi connectivity index (χ1) is 9.58. The molecule has 1 saturated heterocycles. The zero-order valence-electron chi connectivity index (χ0n) is 10.7. The van der Waals surface area contributed by atoms with Crippen molar-refractivity contribution in [2.24, 2.45) is 0 Å². The van der Waals surface area contributed by atoms with Crippen LogP contribution in [0.3, 0.4) is 0 Å². The molecule has 0 spiro atoms. The van der Waals surface area contributed by atoms with E-state index in [4.69, 9.17) is 5.11 Å². The Morgan fingerprint density at radius 2 is 2.35 bits per heavy atom. The molecule has 108 valence electrons. The molecule has 1 fully saturated rings. The number of nitrogens with zero attached hydrogens (tertiary/aromatic N) is 2. The number of hydrogen-bond acceptors (Lipinski definition) is 6. The van der Waals surface area contributed by atoms with Crippen LogP contribution in [0.5, 0.6) is 0 Å². The van der Waals surface area contributed by atoms with E-state index < -0.39 is 10.9 Å². The van der Waals surface area contributed by atoms with Crippen molar-refractivity contribution in [2.45, 2.75) is 24.5 Å². The van der Waals surface area contributed by atoms with Gasteiger partial charge in [-0.15, -0.1) is 0 Å². The molecule has 0 aromatic carbocycles. The number of nitro groups is 1. The second-order valence-corrected chi connectivity index (χ2v) is 5.90. The molecule has 2 heterocycles. The largest absolute Gasteiger partial charge is 0.477 e. The number of rotatable bonds is 5. The minimum Gasteiger partial charge on any atom is -0.477 e. The normalized spacial score (nSPS) is 18.5. The maximum Gasteiger partial charge on any atom is 0.354 e. The summed E-state index contributed by atoms with van der Waals surface area (Å²) in [5.41, 5.74) is -0.398. The molecule has 1 aliphatic rings. The number of aromatic carboxylic acids is 1. The van der Waals surface area contributed by atoms with E-state index in [0.717, 1.165) is 24.7 Å². The number of nitrogens with one attached hydrogen (secondary N) is 1. The highest BCUT2D eigenvalue weighted by molar-refractivity contribution is 7.99. The van der Waals surface area contributed by atoms with Crippen molar-refractivity contribution < 1.29 is 14.8 Å². The van der Waals surface area contributed by atoms with Crippen molar-refractivity contribution in [2.75, 3.05) is 17.6 Å². The lowest BCUT2D eigenvalue weighted by Gasteiger charge is -2.21. The number of anilines is 1. The number of aromatic nitrogens is 1. The molecule has 0 amide bonds. The van der Waals surface area contributed by atoms with Gasteiger partial charge in [0.05, 0.1) is 4.92 Å². The average molecular weight is 297 g/mol. The van der Waals surface area contributed by atoms with Gasteiger partial charge in [0.2, 0.25) is 5.82 Å². The minimum absolute atomic E-state index is 0.0288. The summed E-state index contributed by atoms with van der Waals surface area (Å²) in [7, 11) is 0. The predicted octanol–water partition coefficient (Wildman–Crippen LogP) is 2.39. The van der Waals surface area contributed by atoms with E-state index in [9.17, 15) is 14.9 Å². The third-order valence-electron chi connectivity index (χ3n) is 3.06. The van der Waals surface area contributed by atoms with Crippen LogP contribution in [0.15, 0.2) is 12.1 Å². The Labute approximate surface area is 119 Å². The number of thioether (sulfide) groups is 1. The summed E-state index contributed by atoms with van der Waals surface area (Å²) in [6.45, 7) is 0.557. The Balaban J connectivity index is 2.12. The lowest BCUT2D eigenvalue weighted by atomic mass is 10.2. The molecular formula is C12H15N3O4S. The summed E-state index contributed by atoms with van der Waals surface area (Å²) >= 11 is 1.83. The number of carboxylic acids is 1. The molecule has 0 aliphatic carbocycles. The van der Waals surface area contributed by atoms with Crippen LogP contribution in [0.2, 0.25) is 0 Å². The quantitative estimate of drug-likeness (QED) is 0.635. The van der Waals surface area contributed by atoms with Gasteiger partial charge >= 0.3 is 11.7 Å². The van der Waals surface area contributed by atoms with Gasteiger partial charge in [-0.25, -0.2) is 9.78 Å². The van der Waals surface area contributed by atoms with Crippen LogP contribution < -0.4 is 5.32 Å². The summed E-state index contributed by atoms with van der Waals surface area (Å²) in [4.78, 5) is 25.1. The number of carbonyl (C=O) groups is 1. The summed E-state index contributed by atoms with van der Waals surface area (Å²) in [5.74, 6) is -0.0760. The molecule has 20 heavy (non-hydrogen) atoms. The number of carboxylic acid groups (broad SMARTS) is 1. The summed E-state index contributed by atoms with van der Waals surface area (Å²) in [6, 6.07) is 2.31. The van der Waals surface area contributed by atoms with Gasteiger partial charge in [-0.05, 0) is 24.7 Å². The molecule has 2 N–H and O–H groups in total. The van der Waals surface area contributed by atoms with Gasteiger partial charge in [-0.3, -0.25) is 10.1 Å². The third kappa shape index (κ3) is 3.60. The molecule has 8 heteroatoms. The van der Waals surface area contributed by atoms with E-state index in [-0.39, 0.29) is 17.2 Å². The Bertz CT molecular complexity index is 517. The molecule has 7 nitrogen and oxygen atoms in total. The molecule has 0 radical (unpaired) electrons. The van der Waals surface area contributed by atoms with Crippen LogP contribution in [-0.2, 0) is 0 Å². The van der Waals surface area contributed by atoms with Crippen LogP contribution in [0.1, 0.15) is 29.8 Å². The average Bonchev–Trinajstić information content (AvgIpc) is 2.45. The maximum absolute atomic E-state index is 10.9. The van der Waals surface area contributed by atoms with Crippen LogP contribution in [0.4, 0.5) is 11.5 Å². The lowest BCUT2D eigenvalue weighted by molar-refractivity contribution is -0.384. The van der Waals surface area contributed by atoms with Gasteiger partial charge in [0.25, 0.3) is 0 Å². The number of hydrogen-bond donors (Lipinski definition) is 2. The second-order valence-electron chi connectivity index (χ2n) is 4.50. The molecule has 0 bridgehead atoms. The van der Waals surface area contributed by atoms with Crippen molar-refractivity contribution in [1.29, 1.82) is 0 Å². The zero-order valence-corrected chi connectivity index (χ0v) is 11.6. The third-order valence-corrected chi connectivity index (χ3v) is 4.46. The molecule has 1 aromatic heterocycles. The van der Waals surface area contributed by atoms with Gasteiger partial charge in [0, 0.05) is 17.9 Å². The minimum atomic E-state index is -1.20. The first-order valence-electron chi connectivity index (χ1n) is 6.32. The Kier molecular flexibility index (Phi) is 4.78. The lowest BCUT2D eigenvalue weighted by Crippen LogP contribution is -2.21. The molecule has 1 atom stereocenters. The highest BCUT2D eigenvalue weighted by atomic mass is 32.2. The van der Waals surface area contributed by atoms with Crippen LogP contribution in [-0.4, -0.2) is 38.5 Å². The molecule has 1 aromatic rings. The monoisotopic (exact) mass is 297 g/mol. The highest BCUT2D eigenvalue weighted by Gasteiger charge is 2.20. The predicted molar refractivity (Wildman–Crippen MR) is 76.4 cm³/mol. The van der Waals surface area contributed by atoms with E-state index in [1.165, 1.54) is 12.5 Å². The van der Waals surface area contributed by atoms with Gasteiger partial charge in [-0.2, -0.15) is 11.8 Å². The van der Waals surface area contributed by atoms with E-state index in [1.807, 2.05) is 11.8 Å². The molecule has 0 saturated carbocycles. The molecule has 1 aliphatic heterocycles. The molecular weight excluding hydrogens is 282 g/mol. The maximum atomic E-state index is 10.9. The van der Waals surface area contributed by atoms with E-state index >= 15 is 0 Å². The van der Waals surface area contributed by atoms with Gasteiger partial charge < -0.3 is 10.4 Å². The fourth-order valence-electron chi connectivity index (χ4n) is 2.03. The smallest absolute Gasteiger partial charge is 0.354 e. The summed E-state index contributed by atoms with van der Waals surface area (Å²) in [5, 5.41) is 23.1. The van der Waals surface area contributed by atoms with Crippen molar-refractivity contribution in [3.05, 3.63) is 27.9 Å². The Hall–Kier alpha value is -1.83. The second kappa shape index (κ2) is 6.56. The first-order valence-corrected chi connectivity index (χ1v) is 7.37.